The average Bonchev–Trinajstić information content (AvgIpc) is 2.42. The highest BCUT2D eigenvalue weighted by molar-refractivity contribution is 5.83. The van der Waals surface area contributed by atoms with Crippen molar-refractivity contribution in [2.75, 3.05) is 0 Å². The molecule has 0 aliphatic heterocycles. The lowest BCUT2D eigenvalue weighted by Crippen LogP contribution is -2.46. The number of carbonyl (C=O) groups excluding carboxylic acids is 1. The number of aromatic nitrogens is 1. The summed E-state index contributed by atoms with van der Waals surface area (Å²) < 4.78 is 1.89. The molecule has 5 nitrogen and oxygen atoms in total. The molecule has 19 heavy (non-hydrogen) atoms. The molecular weight excluding hydrogens is 244 g/mol. The number of nitrogens with zero attached hydrogens (tertiary/aromatic N) is 1. The second kappa shape index (κ2) is 7.51. The fraction of sp³-hybridized carbons (Fsp3) is 0.500. The van der Waals surface area contributed by atoms with Crippen LogP contribution in [0.4, 0.5) is 0 Å². The summed E-state index contributed by atoms with van der Waals surface area (Å²) in [6, 6.07) is 4.87. The molecule has 0 saturated carbocycles. The van der Waals surface area contributed by atoms with Crippen molar-refractivity contribution in [3.63, 3.8) is 0 Å². The maximum atomic E-state index is 11.8. The third-order valence-electron chi connectivity index (χ3n) is 3.17. The number of carboxylic acid groups (broad SMARTS) is 1. The molecule has 0 bridgehead atoms. The van der Waals surface area contributed by atoms with Crippen molar-refractivity contribution in [1.29, 1.82) is 0 Å². The minimum atomic E-state index is -0.977. The third-order valence-corrected chi connectivity index (χ3v) is 3.17. The van der Waals surface area contributed by atoms with E-state index in [0.29, 0.717) is 13.0 Å². The molecule has 0 aliphatic carbocycles. The summed E-state index contributed by atoms with van der Waals surface area (Å²) in [5, 5.41) is 11.7. The van der Waals surface area contributed by atoms with Crippen molar-refractivity contribution in [3.05, 3.63) is 30.6 Å². The van der Waals surface area contributed by atoms with Gasteiger partial charge in [0.2, 0.25) is 5.91 Å². The Morgan fingerprint density at radius 1 is 1.26 bits per heavy atom. The summed E-state index contributed by atoms with van der Waals surface area (Å²) >= 11 is 0. The van der Waals surface area contributed by atoms with E-state index in [0.717, 1.165) is 0 Å². The molecule has 1 aromatic rings. The second-order valence-corrected chi connectivity index (χ2v) is 4.63. The van der Waals surface area contributed by atoms with Gasteiger partial charge in [0.1, 0.15) is 6.04 Å². The van der Waals surface area contributed by atoms with Crippen LogP contribution in [0.2, 0.25) is 0 Å². The topological polar surface area (TPSA) is 70.3 Å². The van der Waals surface area contributed by atoms with E-state index in [1.165, 1.54) is 0 Å². The zero-order valence-corrected chi connectivity index (χ0v) is 11.4. The SMILES string of the molecule is CCC(C)C(NC(=O)CC[n+]1ccccc1)C(=O)O. The first kappa shape index (κ1) is 15.1. The summed E-state index contributed by atoms with van der Waals surface area (Å²) in [5.74, 6) is -1.29. The summed E-state index contributed by atoms with van der Waals surface area (Å²) in [6.07, 6.45) is 4.73. The Morgan fingerprint density at radius 3 is 2.42 bits per heavy atom. The van der Waals surface area contributed by atoms with Crippen molar-refractivity contribution >= 4 is 11.9 Å². The number of amides is 1. The summed E-state index contributed by atoms with van der Waals surface area (Å²) in [6.45, 7) is 4.27. The fourth-order valence-electron chi connectivity index (χ4n) is 1.74. The lowest BCUT2D eigenvalue weighted by Gasteiger charge is -2.19. The Hall–Kier alpha value is -1.91. The van der Waals surface area contributed by atoms with E-state index in [2.05, 4.69) is 5.32 Å². The molecule has 5 heteroatoms. The highest BCUT2D eigenvalue weighted by Gasteiger charge is 2.25. The van der Waals surface area contributed by atoms with E-state index < -0.39 is 12.0 Å². The van der Waals surface area contributed by atoms with E-state index in [1.54, 1.807) is 0 Å². The molecule has 2 atom stereocenters. The summed E-state index contributed by atoms with van der Waals surface area (Å²) in [4.78, 5) is 22.9. The van der Waals surface area contributed by atoms with Crippen LogP contribution in [0.15, 0.2) is 30.6 Å². The average molecular weight is 265 g/mol. The summed E-state index contributed by atoms with van der Waals surface area (Å²) in [5.41, 5.74) is 0. The Labute approximate surface area is 113 Å². The predicted octanol–water partition coefficient (Wildman–Crippen LogP) is 0.980. The molecule has 1 heterocycles. The lowest BCUT2D eigenvalue weighted by atomic mass is 9.99. The first-order valence-electron chi connectivity index (χ1n) is 6.50. The van der Waals surface area contributed by atoms with Gasteiger partial charge in [0.15, 0.2) is 18.9 Å². The molecule has 0 spiro atoms. The first-order chi connectivity index (χ1) is 9.04. The van der Waals surface area contributed by atoms with Crippen LogP contribution in [0.5, 0.6) is 0 Å². The van der Waals surface area contributed by atoms with Crippen LogP contribution in [0.3, 0.4) is 0 Å². The molecule has 1 amide bonds. The zero-order valence-electron chi connectivity index (χ0n) is 11.4. The largest absolute Gasteiger partial charge is 0.480 e. The van der Waals surface area contributed by atoms with Crippen LogP contribution in [-0.4, -0.2) is 23.0 Å². The van der Waals surface area contributed by atoms with Crippen molar-refractivity contribution < 1.29 is 19.3 Å². The second-order valence-electron chi connectivity index (χ2n) is 4.63. The fourth-order valence-corrected chi connectivity index (χ4v) is 1.74. The number of hydrogen-bond acceptors (Lipinski definition) is 2. The van der Waals surface area contributed by atoms with E-state index in [1.807, 2.05) is 49.0 Å². The Morgan fingerprint density at radius 2 is 1.89 bits per heavy atom. The zero-order chi connectivity index (χ0) is 14.3. The molecule has 0 fully saturated rings. The van der Waals surface area contributed by atoms with Gasteiger partial charge >= 0.3 is 5.97 Å². The Balaban J connectivity index is 2.47. The number of hydrogen-bond donors (Lipinski definition) is 2. The standard InChI is InChI=1S/C14H20N2O3/c1-3-11(2)13(14(18)19)15-12(17)7-10-16-8-5-4-6-9-16/h4-6,8-9,11,13H,3,7,10H2,1-2H3,(H-,15,17,18,19)/p+1. The Kier molecular flexibility index (Phi) is 5.99. The van der Waals surface area contributed by atoms with E-state index in [9.17, 15) is 9.59 Å². The Bertz CT molecular complexity index is 420. The van der Waals surface area contributed by atoms with Gasteiger partial charge in [-0.2, -0.15) is 0 Å². The number of carbonyl (C=O) groups is 2. The lowest BCUT2D eigenvalue weighted by molar-refractivity contribution is -0.695. The van der Waals surface area contributed by atoms with Crippen molar-refractivity contribution in [2.45, 2.75) is 39.3 Å². The molecule has 0 saturated heterocycles. The predicted molar refractivity (Wildman–Crippen MR) is 70.3 cm³/mol. The molecule has 1 aromatic heterocycles. The minimum Gasteiger partial charge on any atom is -0.480 e. The maximum Gasteiger partial charge on any atom is 0.326 e. The van der Waals surface area contributed by atoms with Gasteiger partial charge in [0, 0.05) is 12.1 Å². The van der Waals surface area contributed by atoms with E-state index >= 15 is 0 Å². The highest BCUT2D eigenvalue weighted by Crippen LogP contribution is 2.08. The number of aryl methyl sites for hydroxylation is 1. The molecule has 0 aromatic carbocycles. The van der Waals surface area contributed by atoms with Crippen LogP contribution < -0.4 is 9.88 Å². The number of pyridine rings is 1. The van der Waals surface area contributed by atoms with Gasteiger partial charge in [0.25, 0.3) is 0 Å². The van der Waals surface area contributed by atoms with Gasteiger partial charge in [-0.3, -0.25) is 4.79 Å². The van der Waals surface area contributed by atoms with Gasteiger partial charge in [-0.1, -0.05) is 26.3 Å². The van der Waals surface area contributed by atoms with Gasteiger partial charge in [-0.25, -0.2) is 9.36 Å². The highest BCUT2D eigenvalue weighted by atomic mass is 16.4. The number of aliphatic carboxylic acids is 1. The van der Waals surface area contributed by atoms with Crippen molar-refractivity contribution in [1.82, 2.24) is 5.32 Å². The normalized spacial score (nSPS) is 13.6. The van der Waals surface area contributed by atoms with Gasteiger partial charge < -0.3 is 10.4 Å². The number of rotatable bonds is 7. The smallest absolute Gasteiger partial charge is 0.326 e. The van der Waals surface area contributed by atoms with Gasteiger partial charge in [-0.15, -0.1) is 0 Å². The van der Waals surface area contributed by atoms with Crippen LogP contribution in [-0.2, 0) is 16.1 Å². The number of carboxylic acids is 1. The van der Waals surface area contributed by atoms with Crippen molar-refractivity contribution in [3.8, 4) is 0 Å². The molecule has 1 rings (SSSR count). The van der Waals surface area contributed by atoms with Gasteiger partial charge in [-0.05, 0) is 5.92 Å². The van der Waals surface area contributed by atoms with Gasteiger partial charge in [0.05, 0.1) is 6.42 Å². The van der Waals surface area contributed by atoms with Crippen LogP contribution >= 0.6 is 0 Å². The molecule has 104 valence electrons. The molecule has 2 N–H and O–H groups in total. The number of nitrogens with one attached hydrogen (secondary N) is 1. The summed E-state index contributed by atoms with van der Waals surface area (Å²) in [7, 11) is 0. The third kappa shape index (κ3) is 5.07. The maximum absolute atomic E-state index is 11.8. The monoisotopic (exact) mass is 265 g/mol. The molecule has 0 aliphatic rings. The molecule has 2 unspecified atom stereocenters. The van der Waals surface area contributed by atoms with E-state index in [4.69, 9.17) is 5.11 Å². The first-order valence-corrected chi connectivity index (χ1v) is 6.50. The minimum absolute atomic E-state index is 0.0779. The van der Waals surface area contributed by atoms with Crippen LogP contribution in [0.1, 0.15) is 26.7 Å². The molecular formula is C14H21N2O3+. The van der Waals surface area contributed by atoms with Crippen LogP contribution in [0.25, 0.3) is 0 Å². The van der Waals surface area contributed by atoms with E-state index in [-0.39, 0.29) is 18.2 Å². The molecule has 0 radical (unpaired) electrons. The van der Waals surface area contributed by atoms with Crippen LogP contribution in [0, 0.1) is 5.92 Å². The van der Waals surface area contributed by atoms with Crippen molar-refractivity contribution in [2.24, 2.45) is 5.92 Å². The quantitative estimate of drug-likeness (QED) is 0.722.